The second kappa shape index (κ2) is 9.27. The molecule has 0 aliphatic carbocycles. The standard InChI is InChI=1S/C28H20FNO7/c1-14-19-10-21-22(15-2-6-17(29)7-3-15)13-36-23(21)12-24(19)37-28(35)20(14)11-25(32)30-26(27(33)34)16-4-8-18(31)9-5-16/h2-10,12-13,26,31H,11H2,1H3,(H,30,32)(H,33,34). The van der Waals surface area contributed by atoms with Gasteiger partial charge >= 0.3 is 11.6 Å². The molecule has 1 atom stereocenters. The van der Waals surface area contributed by atoms with E-state index < -0.39 is 30.0 Å². The fraction of sp³-hybridized carbons (Fsp3) is 0.107. The van der Waals surface area contributed by atoms with Crippen LogP contribution in [0.1, 0.15) is 22.7 Å². The van der Waals surface area contributed by atoms with Crippen LogP contribution in [0.3, 0.4) is 0 Å². The van der Waals surface area contributed by atoms with Crippen LogP contribution >= 0.6 is 0 Å². The number of carboxylic acids is 1. The summed E-state index contributed by atoms with van der Waals surface area (Å²) >= 11 is 0. The van der Waals surface area contributed by atoms with Crippen LogP contribution in [0.2, 0.25) is 0 Å². The molecule has 5 aromatic rings. The first-order valence-electron chi connectivity index (χ1n) is 11.3. The van der Waals surface area contributed by atoms with Crippen molar-refractivity contribution >= 4 is 33.8 Å². The predicted octanol–water partition coefficient (Wildman–Crippen LogP) is 4.84. The van der Waals surface area contributed by atoms with Crippen molar-refractivity contribution in [1.82, 2.24) is 5.32 Å². The van der Waals surface area contributed by atoms with Crippen LogP contribution in [0.15, 0.2) is 80.6 Å². The Morgan fingerprint density at radius 1 is 1.00 bits per heavy atom. The van der Waals surface area contributed by atoms with Crippen LogP contribution in [0.25, 0.3) is 33.1 Å². The fourth-order valence-electron chi connectivity index (χ4n) is 4.29. The molecule has 0 aliphatic rings. The number of aromatic hydroxyl groups is 1. The number of furan rings is 1. The zero-order valence-electron chi connectivity index (χ0n) is 19.4. The Bertz CT molecular complexity index is 1720. The summed E-state index contributed by atoms with van der Waals surface area (Å²) in [4.78, 5) is 37.3. The van der Waals surface area contributed by atoms with Crippen molar-refractivity contribution in [2.24, 2.45) is 0 Å². The topological polar surface area (TPSA) is 130 Å². The molecule has 0 aliphatic heterocycles. The van der Waals surface area contributed by atoms with Gasteiger partial charge in [0.15, 0.2) is 6.04 Å². The van der Waals surface area contributed by atoms with E-state index in [9.17, 15) is 29.0 Å². The maximum atomic E-state index is 13.4. The highest BCUT2D eigenvalue weighted by atomic mass is 19.1. The van der Waals surface area contributed by atoms with E-state index in [-0.39, 0.29) is 28.3 Å². The fourth-order valence-corrected chi connectivity index (χ4v) is 4.29. The summed E-state index contributed by atoms with van der Waals surface area (Å²) in [5.74, 6) is -2.39. The molecule has 0 saturated carbocycles. The third-order valence-electron chi connectivity index (χ3n) is 6.25. The van der Waals surface area contributed by atoms with Crippen LogP contribution in [0.4, 0.5) is 4.39 Å². The molecular weight excluding hydrogens is 481 g/mol. The van der Waals surface area contributed by atoms with Gasteiger partial charge in [-0.25, -0.2) is 14.0 Å². The van der Waals surface area contributed by atoms with Gasteiger partial charge in [-0.1, -0.05) is 24.3 Å². The van der Waals surface area contributed by atoms with E-state index in [1.165, 1.54) is 42.7 Å². The van der Waals surface area contributed by atoms with Crippen molar-refractivity contribution in [1.29, 1.82) is 0 Å². The van der Waals surface area contributed by atoms with E-state index in [1.807, 2.05) is 0 Å². The molecule has 0 saturated heterocycles. The molecule has 0 radical (unpaired) electrons. The van der Waals surface area contributed by atoms with Crippen LogP contribution in [-0.2, 0) is 16.0 Å². The zero-order valence-corrected chi connectivity index (χ0v) is 19.4. The van der Waals surface area contributed by atoms with Gasteiger partial charge in [0, 0.05) is 22.4 Å². The Hall–Kier alpha value is -4.92. The molecule has 0 bridgehead atoms. The third kappa shape index (κ3) is 4.54. The maximum Gasteiger partial charge on any atom is 0.340 e. The monoisotopic (exact) mass is 501 g/mol. The van der Waals surface area contributed by atoms with Gasteiger partial charge in [0.1, 0.15) is 22.7 Å². The summed E-state index contributed by atoms with van der Waals surface area (Å²) in [6, 6.07) is 13.4. The summed E-state index contributed by atoms with van der Waals surface area (Å²) in [7, 11) is 0. The van der Waals surface area contributed by atoms with E-state index in [4.69, 9.17) is 8.83 Å². The van der Waals surface area contributed by atoms with Gasteiger partial charge < -0.3 is 24.4 Å². The summed E-state index contributed by atoms with van der Waals surface area (Å²) < 4.78 is 24.5. The molecule has 8 nitrogen and oxygen atoms in total. The number of phenolic OH excluding ortho intramolecular Hbond substituents is 1. The Kier molecular flexibility index (Phi) is 5.96. The van der Waals surface area contributed by atoms with Crippen molar-refractivity contribution < 1.29 is 33.0 Å². The second-order valence-corrected chi connectivity index (χ2v) is 8.60. The van der Waals surface area contributed by atoms with E-state index in [1.54, 1.807) is 31.2 Å². The molecule has 2 aromatic heterocycles. The third-order valence-corrected chi connectivity index (χ3v) is 6.25. The summed E-state index contributed by atoms with van der Waals surface area (Å²) in [6.45, 7) is 1.68. The van der Waals surface area contributed by atoms with Crippen LogP contribution in [0.5, 0.6) is 5.75 Å². The number of fused-ring (bicyclic) bond motifs is 2. The van der Waals surface area contributed by atoms with Crippen molar-refractivity contribution in [2.45, 2.75) is 19.4 Å². The average molecular weight is 501 g/mol. The molecule has 9 heteroatoms. The minimum absolute atomic E-state index is 0.0436. The van der Waals surface area contributed by atoms with Crippen molar-refractivity contribution in [3.63, 3.8) is 0 Å². The maximum absolute atomic E-state index is 13.4. The molecule has 5 rings (SSSR count). The zero-order chi connectivity index (χ0) is 26.3. The van der Waals surface area contributed by atoms with E-state index in [0.29, 0.717) is 21.9 Å². The minimum atomic E-state index is -1.37. The number of rotatable bonds is 6. The quantitative estimate of drug-likeness (QED) is 0.284. The number of nitrogens with one attached hydrogen (secondary N) is 1. The van der Waals surface area contributed by atoms with Crippen molar-refractivity contribution in [2.75, 3.05) is 0 Å². The first-order chi connectivity index (χ1) is 17.7. The SMILES string of the molecule is Cc1c(CC(=O)NC(C(=O)O)c2ccc(O)cc2)c(=O)oc2cc3occ(-c4ccc(F)cc4)c3cc12. The lowest BCUT2D eigenvalue weighted by molar-refractivity contribution is -0.142. The lowest BCUT2D eigenvalue weighted by Crippen LogP contribution is -2.35. The van der Waals surface area contributed by atoms with Gasteiger partial charge in [-0.2, -0.15) is 0 Å². The number of benzene rings is 3. The number of hydrogen-bond acceptors (Lipinski definition) is 6. The molecule has 0 fully saturated rings. The predicted molar refractivity (Wildman–Crippen MR) is 133 cm³/mol. The summed E-state index contributed by atoms with van der Waals surface area (Å²) in [6.07, 6.45) is 1.13. The van der Waals surface area contributed by atoms with Crippen LogP contribution in [0, 0.1) is 12.7 Å². The van der Waals surface area contributed by atoms with E-state index in [2.05, 4.69) is 5.32 Å². The molecule has 186 valence electrons. The van der Waals surface area contributed by atoms with Gasteiger partial charge in [-0.3, -0.25) is 4.79 Å². The van der Waals surface area contributed by atoms with E-state index in [0.717, 1.165) is 11.1 Å². The van der Waals surface area contributed by atoms with E-state index >= 15 is 0 Å². The highest BCUT2D eigenvalue weighted by Crippen LogP contribution is 2.34. The van der Waals surface area contributed by atoms with Crippen molar-refractivity contribution in [3.8, 4) is 16.9 Å². The normalized spacial score (nSPS) is 12.1. The number of carbonyl (C=O) groups excluding carboxylic acids is 1. The molecule has 2 heterocycles. The number of phenols is 1. The molecule has 37 heavy (non-hydrogen) atoms. The average Bonchev–Trinajstić information content (AvgIpc) is 3.28. The Labute approximate surface area is 208 Å². The minimum Gasteiger partial charge on any atom is -0.508 e. The van der Waals surface area contributed by atoms with Gasteiger partial charge in [0.2, 0.25) is 5.91 Å². The number of halogens is 1. The summed E-state index contributed by atoms with van der Waals surface area (Å²) in [5.41, 5.74) is 2.34. The highest BCUT2D eigenvalue weighted by Gasteiger charge is 2.24. The van der Waals surface area contributed by atoms with Gasteiger partial charge in [-0.05, 0) is 53.9 Å². The first-order valence-corrected chi connectivity index (χ1v) is 11.3. The van der Waals surface area contributed by atoms with Gasteiger partial charge in [0.05, 0.1) is 18.2 Å². The number of hydrogen-bond donors (Lipinski definition) is 3. The van der Waals surface area contributed by atoms with Gasteiger partial charge in [-0.15, -0.1) is 0 Å². The molecule has 3 N–H and O–H groups in total. The number of aryl methyl sites for hydroxylation is 1. The smallest absolute Gasteiger partial charge is 0.340 e. The number of aliphatic carboxylic acids is 1. The lowest BCUT2D eigenvalue weighted by Gasteiger charge is -2.15. The Morgan fingerprint density at radius 2 is 1.70 bits per heavy atom. The largest absolute Gasteiger partial charge is 0.508 e. The molecule has 0 spiro atoms. The number of carboxylic acid groups (broad SMARTS) is 1. The number of amides is 1. The second-order valence-electron chi connectivity index (χ2n) is 8.60. The first kappa shape index (κ1) is 23.8. The number of carbonyl (C=O) groups is 2. The molecule has 3 aromatic carbocycles. The molecular formula is C28H20FNO7. The highest BCUT2D eigenvalue weighted by molar-refractivity contribution is 6.02. The van der Waals surface area contributed by atoms with Crippen LogP contribution in [-0.4, -0.2) is 22.1 Å². The lowest BCUT2D eigenvalue weighted by atomic mass is 9.99. The summed E-state index contributed by atoms with van der Waals surface area (Å²) in [5, 5.41) is 22.7. The Morgan fingerprint density at radius 3 is 2.38 bits per heavy atom. The van der Waals surface area contributed by atoms with Crippen molar-refractivity contribution in [3.05, 3.63) is 99.9 Å². The molecule has 1 amide bonds. The Balaban J connectivity index is 1.50. The van der Waals surface area contributed by atoms with Crippen LogP contribution < -0.4 is 10.9 Å². The van der Waals surface area contributed by atoms with Gasteiger partial charge in [0.25, 0.3) is 0 Å². The molecule has 1 unspecified atom stereocenters.